The predicted octanol–water partition coefficient (Wildman–Crippen LogP) is 1.93. The van der Waals surface area contributed by atoms with E-state index in [0.717, 1.165) is 5.56 Å². The molecule has 1 heterocycles. The molecule has 1 N–H and O–H groups in total. The first-order valence-corrected chi connectivity index (χ1v) is 12.1. The number of sulfonamides is 1. The summed E-state index contributed by atoms with van der Waals surface area (Å²) < 4.78 is 24.8. The molecular formula is C23H27N3O5S. The van der Waals surface area contributed by atoms with Gasteiger partial charge in [0.25, 0.3) is 17.7 Å². The third kappa shape index (κ3) is 5.23. The van der Waals surface area contributed by atoms with E-state index in [1.165, 1.54) is 34.5 Å². The second-order valence-corrected chi connectivity index (χ2v) is 9.95. The van der Waals surface area contributed by atoms with Gasteiger partial charge in [0.2, 0.25) is 10.0 Å². The summed E-state index contributed by atoms with van der Waals surface area (Å²) in [5.41, 5.74) is 1.83. The molecule has 0 saturated carbocycles. The Morgan fingerprint density at radius 2 is 1.72 bits per heavy atom. The number of nitrogens with one attached hydrogen (secondary N) is 1. The van der Waals surface area contributed by atoms with Gasteiger partial charge in [0.1, 0.15) is 0 Å². The molecule has 170 valence electrons. The summed E-state index contributed by atoms with van der Waals surface area (Å²) in [5, 5.41) is 2.73. The molecule has 0 saturated heterocycles. The summed E-state index contributed by atoms with van der Waals surface area (Å²) in [5.74, 6) is -1.10. The van der Waals surface area contributed by atoms with Crippen molar-refractivity contribution in [2.75, 3.05) is 32.4 Å². The zero-order valence-electron chi connectivity index (χ0n) is 18.2. The molecule has 0 unspecified atom stereocenters. The van der Waals surface area contributed by atoms with Gasteiger partial charge in [-0.1, -0.05) is 30.3 Å². The first-order chi connectivity index (χ1) is 15.2. The smallest absolute Gasteiger partial charge is 0.261 e. The fourth-order valence-corrected chi connectivity index (χ4v) is 4.33. The number of imide groups is 1. The molecule has 2 aromatic carbocycles. The Labute approximate surface area is 188 Å². The van der Waals surface area contributed by atoms with Crippen LogP contribution in [0.2, 0.25) is 0 Å². The average molecular weight is 458 g/mol. The van der Waals surface area contributed by atoms with E-state index in [9.17, 15) is 22.8 Å². The second kappa shape index (κ2) is 10.1. The number of hydrogen-bond acceptors (Lipinski definition) is 5. The van der Waals surface area contributed by atoms with Crippen LogP contribution in [0.5, 0.6) is 0 Å². The van der Waals surface area contributed by atoms with Crippen LogP contribution in [0.4, 0.5) is 0 Å². The van der Waals surface area contributed by atoms with Gasteiger partial charge in [-0.3, -0.25) is 19.3 Å². The van der Waals surface area contributed by atoms with Crippen molar-refractivity contribution in [1.29, 1.82) is 0 Å². The molecule has 2 aromatic rings. The van der Waals surface area contributed by atoms with Crippen LogP contribution in [0.1, 0.15) is 50.0 Å². The molecule has 0 radical (unpaired) electrons. The fourth-order valence-electron chi connectivity index (χ4n) is 3.49. The topological polar surface area (TPSA) is 104 Å². The van der Waals surface area contributed by atoms with E-state index in [1.54, 1.807) is 6.92 Å². The minimum atomic E-state index is -3.25. The maximum Gasteiger partial charge on any atom is 0.261 e. The zero-order chi connectivity index (χ0) is 23.3. The zero-order valence-corrected chi connectivity index (χ0v) is 19.0. The first-order valence-electron chi connectivity index (χ1n) is 10.5. The van der Waals surface area contributed by atoms with Crippen molar-refractivity contribution in [2.45, 2.75) is 19.8 Å². The van der Waals surface area contributed by atoms with Crippen molar-refractivity contribution < 1.29 is 22.8 Å². The molecule has 0 fully saturated rings. The van der Waals surface area contributed by atoms with Crippen molar-refractivity contribution in [3.8, 4) is 0 Å². The quantitative estimate of drug-likeness (QED) is 0.434. The highest BCUT2D eigenvalue weighted by atomic mass is 32.2. The number of nitrogens with zero attached hydrogens (tertiary/aromatic N) is 2. The van der Waals surface area contributed by atoms with Crippen LogP contribution in [0.15, 0.2) is 48.5 Å². The lowest BCUT2D eigenvalue weighted by Gasteiger charge is -2.15. The maximum atomic E-state index is 12.8. The van der Waals surface area contributed by atoms with Gasteiger partial charge in [-0.05, 0) is 43.5 Å². The summed E-state index contributed by atoms with van der Waals surface area (Å²) in [6.07, 6.45) is 1.01. The van der Waals surface area contributed by atoms with Gasteiger partial charge in [-0.15, -0.1) is 0 Å². The molecule has 9 heteroatoms. The van der Waals surface area contributed by atoms with Gasteiger partial charge in [0, 0.05) is 32.2 Å². The molecule has 1 aliphatic heterocycles. The van der Waals surface area contributed by atoms with Crippen molar-refractivity contribution >= 4 is 27.7 Å². The van der Waals surface area contributed by atoms with Crippen LogP contribution >= 0.6 is 0 Å². The predicted molar refractivity (Wildman–Crippen MR) is 121 cm³/mol. The highest BCUT2D eigenvalue weighted by Crippen LogP contribution is 2.24. The molecule has 1 aliphatic rings. The van der Waals surface area contributed by atoms with E-state index in [4.69, 9.17) is 0 Å². The van der Waals surface area contributed by atoms with Crippen LogP contribution in [0.3, 0.4) is 0 Å². The number of fused-ring (bicyclic) bond motifs is 1. The van der Waals surface area contributed by atoms with Crippen LogP contribution < -0.4 is 5.32 Å². The number of amides is 3. The Morgan fingerprint density at radius 3 is 2.41 bits per heavy atom. The van der Waals surface area contributed by atoms with E-state index in [1.807, 2.05) is 30.3 Å². The van der Waals surface area contributed by atoms with Crippen LogP contribution in [0, 0.1) is 0 Å². The number of carbonyl (C=O) groups excluding carboxylic acids is 3. The first kappa shape index (κ1) is 23.6. The standard InChI is InChI=1S/C23H27N3O5S/c1-3-32(30,31)25(2)14-7-13-24-21(27)18-10-11-19-20(16-18)23(29)26(22(19)28)15-12-17-8-5-4-6-9-17/h4-6,8-11,16H,3,7,12-15H2,1-2H3,(H,24,27). The van der Waals surface area contributed by atoms with E-state index in [2.05, 4.69) is 5.32 Å². The minimum Gasteiger partial charge on any atom is -0.352 e. The van der Waals surface area contributed by atoms with Crippen molar-refractivity contribution in [1.82, 2.24) is 14.5 Å². The van der Waals surface area contributed by atoms with E-state index < -0.39 is 15.9 Å². The number of carbonyl (C=O) groups is 3. The molecule has 0 bridgehead atoms. The highest BCUT2D eigenvalue weighted by molar-refractivity contribution is 7.89. The van der Waals surface area contributed by atoms with E-state index in [0.29, 0.717) is 24.9 Å². The van der Waals surface area contributed by atoms with Gasteiger partial charge in [-0.25, -0.2) is 12.7 Å². The van der Waals surface area contributed by atoms with Crippen molar-refractivity contribution in [3.05, 3.63) is 70.8 Å². The monoisotopic (exact) mass is 457 g/mol. The Morgan fingerprint density at radius 1 is 1.03 bits per heavy atom. The Balaban J connectivity index is 1.58. The Hall–Kier alpha value is -3.04. The summed E-state index contributed by atoms with van der Waals surface area (Å²) in [6.45, 7) is 2.43. The highest BCUT2D eigenvalue weighted by Gasteiger charge is 2.35. The molecule has 0 atom stereocenters. The van der Waals surface area contributed by atoms with Gasteiger partial charge >= 0.3 is 0 Å². The largest absolute Gasteiger partial charge is 0.352 e. The molecule has 0 spiro atoms. The summed E-state index contributed by atoms with van der Waals surface area (Å²) in [7, 11) is -1.74. The minimum absolute atomic E-state index is 0.0279. The molecule has 8 nitrogen and oxygen atoms in total. The summed E-state index contributed by atoms with van der Waals surface area (Å²) in [4.78, 5) is 39.1. The van der Waals surface area contributed by atoms with E-state index in [-0.39, 0.29) is 41.8 Å². The molecular weight excluding hydrogens is 430 g/mol. The summed E-state index contributed by atoms with van der Waals surface area (Å²) in [6, 6.07) is 14.1. The number of benzene rings is 2. The second-order valence-electron chi connectivity index (χ2n) is 7.59. The fraction of sp³-hybridized carbons (Fsp3) is 0.348. The summed E-state index contributed by atoms with van der Waals surface area (Å²) >= 11 is 0. The Kier molecular flexibility index (Phi) is 7.42. The molecule has 32 heavy (non-hydrogen) atoms. The van der Waals surface area contributed by atoms with E-state index >= 15 is 0 Å². The lowest BCUT2D eigenvalue weighted by atomic mass is 10.1. The van der Waals surface area contributed by atoms with Crippen molar-refractivity contribution in [2.24, 2.45) is 0 Å². The lowest BCUT2D eigenvalue weighted by Crippen LogP contribution is -2.32. The maximum absolute atomic E-state index is 12.8. The lowest BCUT2D eigenvalue weighted by molar-refractivity contribution is 0.0656. The van der Waals surface area contributed by atoms with Gasteiger partial charge in [-0.2, -0.15) is 0 Å². The SMILES string of the molecule is CCS(=O)(=O)N(C)CCCNC(=O)c1ccc2c(c1)C(=O)N(CCc1ccccc1)C2=O. The third-order valence-corrected chi connectivity index (χ3v) is 7.34. The van der Waals surface area contributed by atoms with Crippen molar-refractivity contribution in [3.63, 3.8) is 0 Å². The van der Waals surface area contributed by atoms with Gasteiger partial charge < -0.3 is 5.32 Å². The third-order valence-electron chi connectivity index (χ3n) is 5.47. The average Bonchev–Trinajstić information content (AvgIpc) is 3.04. The van der Waals surface area contributed by atoms with Gasteiger partial charge in [0.15, 0.2) is 0 Å². The van der Waals surface area contributed by atoms with Crippen LogP contribution in [-0.4, -0.2) is 67.8 Å². The Bertz CT molecular complexity index is 1120. The molecule has 0 aromatic heterocycles. The normalized spacial score (nSPS) is 13.5. The molecule has 3 amide bonds. The number of rotatable bonds is 10. The van der Waals surface area contributed by atoms with Gasteiger partial charge in [0.05, 0.1) is 16.9 Å². The van der Waals surface area contributed by atoms with Crippen LogP contribution in [-0.2, 0) is 16.4 Å². The molecule has 3 rings (SSSR count). The van der Waals surface area contributed by atoms with Crippen LogP contribution in [0.25, 0.3) is 0 Å². The number of hydrogen-bond donors (Lipinski definition) is 1. The molecule has 0 aliphatic carbocycles.